The summed E-state index contributed by atoms with van der Waals surface area (Å²) in [6.45, 7) is 0. The number of aromatic nitrogens is 1. The molecule has 4 heteroatoms. The SMILES string of the molecule is N#Cc1cc2ccccc2nc1Oc1ccccc1N. The Kier molecular flexibility index (Phi) is 2.94. The van der Waals surface area contributed by atoms with Crippen molar-refractivity contribution in [2.45, 2.75) is 0 Å². The molecule has 0 spiro atoms. The first-order valence-corrected chi connectivity index (χ1v) is 6.10. The fourth-order valence-electron chi connectivity index (χ4n) is 1.93. The number of pyridine rings is 1. The predicted molar refractivity (Wildman–Crippen MR) is 77.4 cm³/mol. The summed E-state index contributed by atoms with van der Waals surface area (Å²) in [5, 5.41) is 10.1. The first-order valence-electron chi connectivity index (χ1n) is 6.10. The lowest BCUT2D eigenvalue weighted by molar-refractivity contribution is 0.465. The van der Waals surface area contributed by atoms with Crippen molar-refractivity contribution < 1.29 is 4.74 Å². The number of nitrogen functional groups attached to an aromatic ring is 1. The standard InChI is InChI=1S/C16H11N3O/c17-10-12-9-11-5-1-3-7-14(11)19-16(12)20-15-8-4-2-6-13(15)18/h1-9H,18H2. The van der Waals surface area contributed by atoms with Crippen LogP contribution in [0, 0.1) is 11.3 Å². The Morgan fingerprint density at radius 2 is 1.80 bits per heavy atom. The number of nitriles is 1. The Hall–Kier alpha value is -3.06. The van der Waals surface area contributed by atoms with E-state index in [0.717, 1.165) is 10.9 Å². The lowest BCUT2D eigenvalue weighted by Crippen LogP contribution is -1.96. The van der Waals surface area contributed by atoms with Gasteiger partial charge in [-0.3, -0.25) is 0 Å². The molecule has 0 saturated heterocycles. The van der Waals surface area contributed by atoms with Gasteiger partial charge in [0.25, 0.3) is 0 Å². The Labute approximate surface area is 116 Å². The maximum absolute atomic E-state index is 9.22. The van der Waals surface area contributed by atoms with Crippen LogP contribution in [0.2, 0.25) is 0 Å². The van der Waals surface area contributed by atoms with Gasteiger partial charge in [-0.25, -0.2) is 4.98 Å². The van der Waals surface area contributed by atoms with Crippen LogP contribution in [0.1, 0.15) is 5.56 Å². The molecule has 2 aromatic carbocycles. The van der Waals surface area contributed by atoms with Crippen LogP contribution >= 0.6 is 0 Å². The van der Waals surface area contributed by atoms with Gasteiger partial charge in [-0.05, 0) is 24.3 Å². The van der Waals surface area contributed by atoms with Crippen molar-refractivity contribution in [1.82, 2.24) is 4.98 Å². The van der Waals surface area contributed by atoms with E-state index in [9.17, 15) is 5.26 Å². The third kappa shape index (κ3) is 2.13. The summed E-state index contributed by atoms with van der Waals surface area (Å²) in [6, 6.07) is 18.6. The highest BCUT2D eigenvalue weighted by atomic mass is 16.5. The number of nitrogens with two attached hydrogens (primary N) is 1. The van der Waals surface area contributed by atoms with E-state index in [1.807, 2.05) is 36.4 Å². The number of ether oxygens (including phenoxy) is 1. The summed E-state index contributed by atoms with van der Waals surface area (Å²) in [7, 11) is 0. The van der Waals surface area contributed by atoms with Crippen LogP contribution in [-0.2, 0) is 0 Å². The van der Waals surface area contributed by atoms with Crippen molar-refractivity contribution in [3.63, 3.8) is 0 Å². The average Bonchev–Trinajstić information content (AvgIpc) is 2.49. The predicted octanol–water partition coefficient (Wildman–Crippen LogP) is 3.48. The maximum Gasteiger partial charge on any atom is 0.237 e. The number of para-hydroxylation sites is 3. The van der Waals surface area contributed by atoms with E-state index in [2.05, 4.69) is 11.1 Å². The summed E-state index contributed by atoms with van der Waals surface area (Å²) in [5.41, 5.74) is 7.50. The summed E-state index contributed by atoms with van der Waals surface area (Å²) in [6.07, 6.45) is 0. The molecule has 2 N–H and O–H groups in total. The van der Waals surface area contributed by atoms with Gasteiger partial charge >= 0.3 is 0 Å². The Morgan fingerprint density at radius 3 is 2.60 bits per heavy atom. The number of hydrogen-bond acceptors (Lipinski definition) is 4. The molecule has 0 radical (unpaired) electrons. The normalized spacial score (nSPS) is 10.2. The van der Waals surface area contributed by atoms with E-state index in [-0.39, 0.29) is 5.88 Å². The quantitative estimate of drug-likeness (QED) is 0.717. The zero-order chi connectivity index (χ0) is 13.9. The molecule has 3 rings (SSSR count). The van der Waals surface area contributed by atoms with Crippen LogP contribution in [0.15, 0.2) is 54.6 Å². The zero-order valence-electron chi connectivity index (χ0n) is 10.6. The Balaban J connectivity index is 2.11. The molecular formula is C16H11N3O. The zero-order valence-corrected chi connectivity index (χ0v) is 10.6. The second-order valence-corrected chi connectivity index (χ2v) is 4.29. The van der Waals surface area contributed by atoms with Crippen molar-refractivity contribution in [1.29, 1.82) is 5.26 Å². The molecule has 0 aliphatic rings. The maximum atomic E-state index is 9.22. The van der Waals surface area contributed by atoms with Crippen molar-refractivity contribution in [3.8, 4) is 17.7 Å². The first-order chi connectivity index (χ1) is 9.78. The topological polar surface area (TPSA) is 71.9 Å². The summed E-state index contributed by atoms with van der Waals surface area (Å²) in [4.78, 5) is 4.38. The fraction of sp³-hybridized carbons (Fsp3) is 0. The van der Waals surface area contributed by atoms with Crippen LogP contribution in [0.25, 0.3) is 10.9 Å². The van der Waals surface area contributed by atoms with Crippen LogP contribution in [0.4, 0.5) is 5.69 Å². The van der Waals surface area contributed by atoms with Gasteiger partial charge in [-0.1, -0.05) is 30.3 Å². The van der Waals surface area contributed by atoms with Gasteiger partial charge in [0.1, 0.15) is 11.6 Å². The van der Waals surface area contributed by atoms with Crippen molar-refractivity contribution >= 4 is 16.6 Å². The number of anilines is 1. The average molecular weight is 261 g/mol. The largest absolute Gasteiger partial charge is 0.435 e. The second kappa shape index (κ2) is 4.90. The molecule has 0 atom stereocenters. The molecule has 3 aromatic rings. The minimum Gasteiger partial charge on any atom is -0.435 e. The van der Waals surface area contributed by atoms with Crippen LogP contribution in [-0.4, -0.2) is 4.98 Å². The third-order valence-corrected chi connectivity index (χ3v) is 2.94. The molecule has 96 valence electrons. The molecule has 0 unspecified atom stereocenters. The van der Waals surface area contributed by atoms with E-state index >= 15 is 0 Å². The highest BCUT2D eigenvalue weighted by Gasteiger charge is 2.10. The lowest BCUT2D eigenvalue weighted by atomic mass is 10.1. The number of rotatable bonds is 2. The van der Waals surface area contributed by atoms with Gasteiger partial charge in [0.15, 0.2) is 5.75 Å². The van der Waals surface area contributed by atoms with Gasteiger partial charge in [0, 0.05) is 5.39 Å². The molecule has 0 saturated carbocycles. The molecule has 20 heavy (non-hydrogen) atoms. The fourth-order valence-corrected chi connectivity index (χ4v) is 1.93. The molecule has 1 heterocycles. The molecule has 0 amide bonds. The smallest absolute Gasteiger partial charge is 0.237 e. The monoisotopic (exact) mass is 261 g/mol. The molecule has 0 aliphatic heterocycles. The Morgan fingerprint density at radius 1 is 1.05 bits per heavy atom. The van der Waals surface area contributed by atoms with Crippen LogP contribution < -0.4 is 10.5 Å². The van der Waals surface area contributed by atoms with E-state index in [1.165, 1.54) is 0 Å². The number of benzene rings is 2. The summed E-state index contributed by atoms with van der Waals surface area (Å²) < 4.78 is 5.68. The van der Waals surface area contributed by atoms with E-state index < -0.39 is 0 Å². The van der Waals surface area contributed by atoms with Crippen molar-refractivity contribution in [3.05, 3.63) is 60.2 Å². The number of hydrogen-bond donors (Lipinski definition) is 1. The highest BCUT2D eigenvalue weighted by Crippen LogP contribution is 2.29. The van der Waals surface area contributed by atoms with Gasteiger partial charge in [-0.2, -0.15) is 5.26 Å². The molecule has 1 aromatic heterocycles. The molecule has 0 fully saturated rings. The van der Waals surface area contributed by atoms with E-state index in [1.54, 1.807) is 18.2 Å². The minimum absolute atomic E-state index is 0.268. The molecule has 4 nitrogen and oxygen atoms in total. The van der Waals surface area contributed by atoms with E-state index in [0.29, 0.717) is 17.0 Å². The number of fused-ring (bicyclic) bond motifs is 1. The summed E-state index contributed by atoms with van der Waals surface area (Å²) in [5.74, 6) is 0.760. The van der Waals surface area contributed by atoms with Gasteiger partial charge in [0.2, 0.25) is 5.88 Å². The van der Waals surface area contributed by atoms with Crippen molar-refractivity contribution in [2.75, 3.05) is 5.73 Å². The number of nitrogens with zero attached hydrogens (tertiary/aromatic N) is 2. The lowest BCUT2D eigenvalue weighted by Gasteiger charge is -2.09. The van der Waals surface area contributed by atoms with Crippen molar-refractivity contribution in [2.24, 2.45) is 0 Å². The van der Waals surface area contributed by atoms with E-state index in [4.69, 9.17) is 10.5 Å². The van der Waals surface area contributed by atoms with Gasteiger partial charge in [0.05, 0.1) is 11.2 Å². The highest BCUT2D eigenvalue weighted by molar-refractivity contribution is 5.81. The van der Waals surface area contributed by atoms with Gasteiger partial charge < -0.3 is 10.5 Å². The Bertz CT molecular complexity index is 821. The van der Waals surface area contributed by atoms with Crippen LogP contribution in [0.5, 0.6) is 11.6 Å². The first kappa shape index (κ1) is 12.0. The summed E-state index contributed by atoms with van der Waals surface area (Å²) >= 11 is 0. The molecule has 0 aliphatic carbocycles. The minimum atomic E-state index is 0.268. The third-order valence-electron chi connectivity index (χ3n) is 2.94. The van der Waals surface area contributed by atoms with Crippen LogP contribution in [0.3, 0.4) is 0 Å². The molecule has 0 bridgehead atoms. The van der Waals surface area contributed by atoms with Gasteiger partial charge in [-0.15, -0.1) is 0 Å². The molecular weight excluding hydrogens is 250 g/mol. The second-order valence-electron chi connectivity index (χ2n) is 4.29.